The predicted molar refractivity (Wildman–Crippen MR) is 112 cm³/mol. The summed E-state index contributed by atoms with van der Waals surface area (Å²) in [5.41, 5.74) is 4.49. The highest BCUT2D eigenvalue weighted by atomic mass is 16.1. The lowest BCUT2D eigenvalue weighted by Crippen LogP contribution is -2.53. The highest BCUT2D eigenvalue weighted by Gasteiger charge is 2.39. The molecule has 0 saturated heterocycles. The lowest BCUT2D eigenvalue weighted by atomic mass is 9.85. The van der Waals surface area contributed by atoms with Gasteiger partial charge in [0, 0.05) is 31.2 Å². The van der Waals surface area contributed by atoms with Gasteiger partial charge in [-0.25, -0.2) is 0 Å². The third-order valence-electron chi connectivity index (χ3n) is 6.78. The Labute approximate surface area is 168 Å². The molecule has 1 saturated carbocycles. The topological polar surface area (TPSA) is 50.2 Å². The first-order chi connectivity index (χ1) is 13.5. The number of carbonyl (C=O) groups excluding carboxylic acids is 1. The van der Waals surface area contributed by atoms with Crippen LogP contribution < -0.4 is 5.32 Å². The van der Waals surface area contributed by atoms with Gasteiger partial charge in [-0.2, -0.15) is 5.10 Å². The first kappa shape index (κ1) is 19.2. The van der Waals surface area contributed by atoms with Crippen molar-refractivity contribution in [3.63, 3.8) is 0 Å². The Morgan fingerprint density at radius 2 is 1.82 bits per heavy atom. The molecule has 0 bridgehead atoms. The van der Waals surface area contributed by atoms with Crippen molar-refractivity contribution in [1.29, 1.82) is 0 Å². The van der Waals surface area contributed by atoms with Gasteiger partial charge >= 0.3 is 0 Å². The van der Waals surface area contributed by atoms with E-state index in [1.807, 2.05) is 13.2 Å². The van der Waals surface area contributed by atoms with Gasteiger partial charge in [-0.1, -0.05) is 43.5 Å². The molecule has 5 nitrogen and oxygen atoms in total. The summed E-state index contributed by atoms with van der Waals surface area (Å²) in [6.45, 7) is 0.645. The predicted octanol–water partition coefficient (Wildman–Crippen LogP) is 3.30. The molecular weight excluding hydrogens is 348 g/mol. The summed E-state index contributed by atoms with van der Waals surface area (Å²) in [6.07, 6.45) is 9.91. The number of rotatable bonds is 5. The maximum Gasteiger partial charge on any atom is 0.254 e. The van der Waals surface area contributed by atoms with Crippen LogP contribution in [0.5, 0.6) is 0 Å². The number of nitrogens with zero attached hydrogens (tertiary/aromatic N) is 3. The zero-order valence-electron chi connectivity index (χ0n) is 17.4. The number of fused-ring (bicyclic) bond motifs is 1. The highest BCUT2D eigenvalue weighted by molar-refractivity contribution is 5.95. The number of hydrogen-bond donors (Lipinski definition) is 1. The van der Waals surface area contributed by atoms with Crippen molar-refractivity contribution < 1.29 is 4.79 Å². The number of aryl methyl sites for hydroxylation is 1. The summed E-state index contributed by atoms with van der Waals surface area (Å²) in [7, 11) is 6.16. The van der Waals surface area contributed by atoms with Gasteiger partial charge in [0.1, 0.15) is 0 Å². The molecule has 4 rings (SSSR count). The molecule has 1 aromatic carbocycles. The van der Waals surface area contributed by atoms with Crippen molar-refractivity contribution in [2.45, 2.75) is 56.4 Å². The molecule has 5 heteroatoms. The second-order valence-corrected chi connectivity index (χ2v) is 8.86. The van der Waals surface area contributed by atoms with E-state index in [-0.39, 0.29) is 11.4 Å². The number of hydrogen-bond acceptors (Lipinski definition) is 3. The quantitative estimate of drug-likeness (QED) is 0.866. The molecular formula is C23H32N4O. The molecule has 0 aliphatic heterocycles. The molecule has 2 aliphatic carbocycles. The molecule has 1 heterocycles. The fourth-order valence-electron chi connectivity index (χ4n) is 4.97. The molecule has 2 aromatic rings. The van der Waals surface area contributed by atoms with E-state index < -0.39 is 0 Å². The Balaban J connectivity index is 1.50. The van der Waals surface area contributed by atoms with Crippen LogP contribution in [0.3, 0.4) is 0 Å². The lowest BCUT2D eigenvalue weighted by Gasteiger charge is -2.36. The monoisotopic (exact) mass is 380 g/mol. The number of likely N-dealkylation sites (N-methyl/N-ethyl adjacent to an activating group) is 1. The van der Waals surface area contributed by atoms with Gasteiger partial charge in [-0.15, -0.1) is 0 Å². The van der Waals surface area contributed by atoms with Crippen molar-refractivity contribution in [3.8, 4) is 0 Å². The molecule has 150 valence electrons. The van der Waals surface area contributed by atoms with Gasteiger partial charge in [0.2, 0.25) is 0 Å². The molecule has 0 unspecified atom stereocenters. The third-order valence-corrected chi connectivity index (χ3v) is 6.78. The van der Waals surface area contributed by atoms with E-state index in [4.69, 9.17) is 0 Å². The normalized spacial score (nSPS) is 19.0. The first-order valence-electron chi connectivity index (χ1n) is 10.5. The Bertz CT molecular complexity index is 823. The van der Waals surface area contributed by atoms with E-state index in [0.717, 1.165) is 36.9 Å². The lowest BCUT2D eigenvalue weighted by molar-refractivity contribution is 0.0901. The summed E-state index contributed by atoms with van der Waals surface area (Å²) in [6, 6.07) is 8.64. The van der Waals surface area contributed by atoms with Crippen LogP contribution in [0.25, 0.3) is 0 Å². The zero-order valence-corrected chi connectivity index (χ0v) is 17.4. The summed E-state index contributed by atoms with van der Waals surface area (Å²) in [5.74, 6) is 0.445. The average molecular weight is 381 g/mol. The number of nitrogens with one attached hydrogen (secondary N) is 1. The molecule has 1 fully saturated rings. The van der Waals surface area contributed by atoms with Gasteiger partial charge in [0.05, 0.1) is 11.3 Å². The Hall–Kier alpha value is -2.14. The molecule has 0 radical (unpaired) electrons. The highest BCUT2D eigenvalue weighted by Crippen LogP contribution is 2.35. The maximum atomic E-state index is 13.1. The minimum atomic E-state index is -0.0629. The number of aromatic nitrogens is 2. The maximum absolute atomic E-state index is 13.1. The van der Waals surface area contributed by atoms with Crippen molar-refractivity contribution in [2.24, 2.45) is 7.05 Å². The number of amides is 1. The standard InChI is InChI=1S/C23H32N4O/c1-26(2)23(13-18-11-7-8-12-19(18)14-23)16-24-22(28)20-15-27(3)25-21(20)17-9-5-4-6-10-17/h7-8,11-12,15,17H,4-6,9-10,13-14,16H2,1-3H3,(H,24,28). The number of carbonyl (C=O) groups is 1. The minimum Gasteiger partial charge on any atom is -0.350 e. The van der Waals surface area contributed by atoms with Crippen LogP contribution in [0, 0.1) is 0 Å². The van der Waals surface area contributed by atoms with Crippen LogP contribution in [0.4, 0.5) is 0 Å². The van der Waals surface area contributed by atoms with Gasteiger partial charge in [-0.05, 0) is 50.9 Å². The first-order valence-corrected chi connectivity index (χ1v) is 10.5. The molecule has 0 spiro atoms. The second kappa shape index (κ2) is 7.70. The van der Waals surface area contributed by atoms with Crippen LogP contribution in [0.15, 0.2) is 30.5 Å². The van der Waals surface area contributed by atoms with Gasteiger partial charge in [-0.3, -0.25) is 9.48 Å². The Morgan fingerprint density at radius 3 is 2.43 bits per heavy atom. The molecule has 28 heavy (non-hydrogen) atoms. The van der Waals surface area contributed by atoms with Gasteiger partial charge in [0.25, 0.3) is 5.91 Å². The van der Waals surface area contributed by atoms with Gasteiger partial charge < -0.3 is 10.2 Å². The van der Waals surface area contributed by atoms with E-state index in [2.05, 4.69) is 53.7 Å². The summed E-state index contributed by atoms with van der Waals surface area (Å²) in [4.78, 5) is 15.4. The van der Waals surface area contributed by atoms with Crippen LogP contribution in [0.2, 0.25) is 0 Å². The van der Waals surface area contributed by atoms with Crippen LogP contribution >= 0.6 is 0 Å². The average Bonchev–Trinajstić information content (AvgIpc) is 3.28. The van der Waals surface area contributed by atoms with E-state index >= 15 is 0 Å². The minimum absolute atomic E-state index is 0.0193. The largest absolute Gasteiger partial charge is 0.350 e. The summed E-state index contributed by atoms with van der Waals surface area (Å²) >= 11 is 0. The van der Waals surface area contributed by atoms with Crippen LogP contribution in [-0.4, -0.2) is 46.8 Å². The van der Waals surface area contributed by atoms with Crippen molar-refractivity contribution in [3.05, 3.63) is 52.8 Å². The van der Waals surface area contributed by atoms with Crippen LogP contribution in [0.1, 0.15) is 65.2 Å². The Kier molecular flexibility index (Phi) is 5.28. The van der Waals surface area contributed by atoms with E-state index in [1.165, 1.54) is 30.4 Å². The molecule has 0 atom stereocenters. The fourth-order valence-corrected chi connectivity index (χ4v) is 4.97. The zero-order chi connectivity index (χ0) is 19.7. The van der Waals surface area contributed by atoms with E-state index in [0.29, 0.717) is 12.5 Å². The Morgan fingerprint density at radius 1 is 1.18 bits per heavy atom. The van der Waals surface area contributed by atoms with E-state index in [1.54, 1.807) is 4.68 Å². The van der Waals surface area contributed by atoms with Crippen molar-refractivity contribution in [2.75, 3.05) is 20.6 Å². The smallest absolute Gasteiger partial charge is 0.254 e. The summed E-state index contributed by atoms with van der Waals surface area (Å²) < 4.78 is 1.80. The van der Waals surface area contributed by atoms with Crippen molar-refractivity contribution in [1.82, 2.24) is 20.0 Å². The van der Waals surface area contributed by atoms with Gasteiger partial charge in [0.15, 0.2) is 0 Å². The molecule has 1 amide bonds. The third kappa shape index (κ3) is 3.60. The summed E-state index contributed by atoms with van der Waals surface area (Å²) in [5, 5.41) is 7.92. The fraction of sp³-hybridized carbons (Fsp3) is 0.565. The molecule has 1 N–H and O–H groups in total. The molecule has 2 aliphatic rings. The van der Waals surface area contributed by atoms with Crippen molar-refractivity contribution >= 4 is 5.91 Å². The van der Waals surface area contributed by atoms with E-state index in [9.17, 15) is 4.79 Å². The number of benzene rings is 1. The molecule has 1 aromatic heterocycles. The SMILES string of the molecule is CN(C)C1(CNC(=O)c2cn(C)nc2C2CCCCC2)Cc2ccccc2C1. The second-order valence-electron chi connectivity index (χ2n) is 8.86. The van der Waals surface area contributed by atoms with Crippen LogP contribution in [-0.2, 0) is 19.9 Å².